The normalized spacial score (nSPS) is 16.8. The van der Waals surface area contributed by atoms with Gasteiger partial charge in [0, 0.05) is 6.54 Å². The summed E-state index contributed by atoms with van der Waals surface area (Å²) in [6, 6.07) is 7.61. The molecule has 0 aromatic heterocycles. The van der Waals surface area contributed by atoms with Crippen LogP contribution < -0.4 is 10.1 Å². The SMILES string of the molecule is CCOc1ccc(/C=C2/NC(=S)N(CC(C)C)C2=O)cc1. The van der Waals surface area contributed by atoms with Gasteiger partial charge in [0.15, 0.2) is 5.11 Å². The van der Waals surface area contributed by atoms with Crippen molar-refractivity contribution in [2.75, 3.05) is 13.2 Å². The summed E-state index contributed by atoms with van der Waals surface area (Å²) < 4.78 is 5.40. The quantitative estimate of drug-likeness (QED) is 0.671. The number of nitrogens with one attached hydrogen (secondary N) is 1. The zero-order valence-corrected chi connectivity index (χ0v) is 13.4. The Hall–Kier alpha value is -1.88. The molecule has 1 aliphatic rings. The summed E-state index contributed by atoms with van der Waals surface area (Å²) in [5.41, 5.74) is 1.45. The maximum Gasteiger partial charge on any atom is 0.276 e. The number of hydrogen-bond acceptors (Lipinski definition) is 3. The molecule has 0 aliphatic carbocycles. The number of nitrogens with zero attached hydrogens (tertiary/aromatic N) is 1. The summed E-state index contributed by atoms with van der Waals surface area (Å²) in [5.74, 6) is 1.13. The predicted octanol–water partition coefficient (Wildman–Crippen LogP) is 2.80. The van der Waals surface area contributed by atoms with E-state index >= 15 is 0 Å². The Morgan fingerprint density at radius 1 is 1.33 bits per heavy atom. The van der Waals surface area contributed by atoms with Crippen LogP contribution in [-0.4, -0.2) is 29.1 Å². The first-order valence-electron chi connectivity index (χ1n) is 7.08. The van der Waals surface area contributed by atoms with Crippen molar-refractivity contribution in [2.24, 2.45) is 5.92 Å². The third kappa shape index (κ3) is 3.82. The molecule has 1 N–H and O–H groups in total. The van der Waals surface area contributed by atoms with E-state index in [0.29, 0.717) is 29.9 Å². The molecule has 1 aromatic rings. The van der Waals surface area contributed by atoms with Gasteiger partial charge in [-0.25, -0.2) is 0 Å². The van der Waals surface area contributed by atoms with E-state index in [2.05, 4.69) is 19.2 Å². The first-order valence-corrected chi connectivity index (χ1v) is 7.49. The highest BCUT2D eigenvalue weighted by atomic mass is 32.1. The lowest BCUT2D eigenvalue weighted by molar-refractivity contribution is -0.122. The summed E-state index contributed by atoms with van der Waals surface area (Å²) >= 11 is 5.22. The summed E-state index contributed by atoms with van der Waals surface area (Å²) in [6.45, 7) is 7.33. The van der Waals surface area contributed by atoms with Crippen LogP contribution in [0.25, 0.3) is 6.08 Å². The van der Waals surface area contributed by atoms with Crippen molar-refractivity contribution >= 4 is 29.3 Å². The zero-order valence-electron chi connectivity index (χ0n) is 12.6. The molecule has 112 valence electrons. The van der Waals surface area contributed by atoms with Gasteiger partial charge in [-0.3, -0.25) is 9.69 Å². The Morgan fingerprint density at radius 2 is 2.00 bits per heavy atom. The van der Waals surface area contributed by atoms with Crippen molar-refractivity contribution in [3.8, 4) is 5.75 Å². The van der Waals surface area contributed by atoms with Gasteiger partial charge in [-0.15, -0.1) is 0 Å². The van der Waals surface area contributed by atoms with Gasteiger partial charge in [-0.05, 0) is 48.8 Å². The molecular weight excluding hydrogens is 284 g/mol. The van der Waals surface area contributed by atoms with Gasteiger partial charge in [-0.2, -0.15) is 0 Å². The van der Waals surface area contributed by atoms with Crippen molar-refractivity contribution in [3.05, 3.63) is 35.5 Å². The minimum absolute atomic E-state index is 0.0671. The first-order chi connectivity index (χ1) is 10.0. The van der Waals surface area contributed by atoms with Crippen LogP contribution in [0.15, 0.2) is 30.0 Å². The molecule has 0 bridgehead atoms. The molecule has 1 saturated heterocycles. The average Bonchev–Trinajstić information content (AvgIpc) is 2.69. The highest BCUT2D eigenvalue weighted by molar-refractivity contribution is 7.80. The lowest BCUT2D eigenvalue weighted by atomic mass is 10.1. The van der Waals surface area contributed by atoms with E-state index in [4.69, 9.17) is 17.0 Å². The molecular formula is C16H20N2O2S. The number of ether oxygens (including phenoxy) is 1. The fraction of sp³-hybridized carbons (Fsp3) is 0.375. The second-order valence-electron chi connectivity index (χ2n) is 5.30. The van der Waals surface area contributed by atoms with Crippen LogP contribution in [0.3, 0.4) is 0 Å². The van der Waals surface area contributed by atoms with Gasteiger partial charge in [0.05, 0.1) is 6.61 Å². The molecule has 1 amide bonds. The van der Waals surface area contributed by atoms with Gasteiger partial charge < -0.3 is 10.1 Å². The van der Waals surface area contributed by atoms with Gasteiger partial charge >= 0.3 is 0 Å². The summed E-state index contributed by atoms with van der Waals surface area (Å²) in [5, 5.41) is 3.46. The van der Waals surface area contributed by atoms with E-state index in [1.807, 2.05) is 37.3 Å². The van der Waals surface area contributed by atoms with E-state index in [1.54, 1.807) is 4.90 Å². The molecule has 0 spiro atoms. The fourth-order valence-corrected chi connectivity index (χ4v) is 2.36. The molecule has 5 heteroatoms. The summed E-state index contributed by atoms with van der Waals surface area (Å²) in [7, 11) is 0. The number of carbonyl (C=O) groups is 1. The van der Waals surface area contributed by atoms with Gasteiger partial charge in [0.25, 0.3) is 5.91 Å². The maximum absolute atomic E-state index is 12.3. The Kier molecular flexibility index (Phi) is 4.96. The molecule has 0 radical (unpaired) electrons. The Morgan fingerprint density at radius 3 is 2.57 bits per heavy atom. The highest BCUT2D eigenvalue weighted by Crippen LogP contribution is 2.18. The van der Waals surface area contributed by atoms with Crippen molar-refractivity contribution in [3.63, 3.8) is 0 Å². The van der Waals surface area contributed by atoms with Crippen molar-refractivity contribution in [2.45, 2.75) is 20.8 Å². The molecule has 1 fully saturated rings. The van der Waals surface area contributed by atoms with E-state index in [-0.39, 0.29) is 5.91 Å². The predicted molar refractivity (Wildman–Crippen MR) is 87.9 cm³/mol. The van der Waals surface area contributed by atoms with E-state index in [1.165, 1.54) is 0 Å². The van der Waals surface area contributed by atoms with E-state index < -0.39 is 0 Å². The topological polar surface area (TPSA) is 41.6 Å². The van der Waals surface area contributed by atoms with E-state index in [0.717, 1.165) is 11.3 Å². The van der Waals surface area contributed by atoms with Crippen molar-refractivity contribution in [1.29, 1.82) is 0 Å². The van der Waals surface area contributed by atoms with Crippen LogP contribution in [0.5, 0.6) is 5.75 Å². The molecule has 0 saturated carbocycles. The van der Waals surface area contributed by atoms with Crippen molar-refractivity contribution < 1.29 is 9.53 Å². The van der Waals surface area contributed by atoms with Gasteiger partial charge in [0.1, 0.15) is 11.4 Å². The van der Waals surface area contributed by atoms with Crippen LogP contribution >= 0.6 is 12.2 Å². The highest BCUT2D eigenvalue weighted by Gasteiger charge is 2.30. The van der Waals surface area contributed by atoms with E-state index in [9.17, 15) is 4.79 Å². The number of benzene rings is 1. The van der Waals surface area contributed by atoms with Crippen LogP contribution in [0.4, 0.5) is 0 Å². The number of hydrogen-bond donors (Lipinski definition) is 1. The Labute approximate surface area is 130 Å². The van der Waals surface area contributed by atoms with Crippen LogP contribution in [0.2, 0.25) is 0 Å². The molecule has 2 rings (SSSR count). The standard InChI is InChI=1S/C16H20N2O2S/c1-4-20-13-7-5-12(6-8-13)9-14-15(19)18(10-11(2)3)16(21)17-14/h5-9,11H,4,10H2,1-3H3,(H,17,21)/b14-9+. The number of carbonyl (C=O) groups excluding carboxylic acids is 1. The van der Waals surface area contributed by atoms with Gasteiger partial charge in [0.2, 0.25) is 0 Å². The minimum Gasteiger partial charge on any atom is -0.494 e. The lowest BCUT2D eigenvalue weighted by Crippen LogP contribution is -2.33. The lowest BCUT2D eigenvalue weighted by Gasteiger charge is -2.15. The molecule has 0 unspecified atom stereocenters. The molecule has 21 heavy (non-hydrogen) atoms. The second-order valence-corrected chi connectivity index (χ2v) is 5.69. The Bertz CT molecular complexity index is 564. The average molecular weight is 304 g/mol. The smallest absolute Gasteiger partial charge is 0.276 e. The number of rotatable bonds is 5. The first kappa shape index (κ1) is 15.5. The number of amides is 1. The fourth-order valence-electron chi connectivity index (χ4n) is 2.10. The third-order valence-electron chi connectivity index (χ3n) is 3.01. The summed E-state index contributed by atoms with van der Waals surface area (Å²) in [4.78, 5) is 13.9. The monoisotopic (exact) mass is 304 g/mol. The van der Waals surface area contributed by atoms with Crippen molar-refractivity contribution in [1.82, 2.24) is 10.2 Å². The summed E-state index contributed by atoms with van der Waals surface area (Å²) in [6.07, 6.45) is 1.81. The molecule has 0 atom stereocenters. The van der Waals surface area contributed by atoms with Crippen LogP contribution in [-0.2, 0) is 4.79 Å². The Balaban J connectivity index is 2.14. The molecule has 1 heterocycles. The molecule has 1 aromatic carbocycles. The van der Waals surface area contributed by atoms with Crippen LogP contribution in [0.1, 0.15) is 26.3 Å². The zero-order chi connectivity index (χ0) is 15.4. The molecule has 4 nitrogen and oxygen atoms in total. The minimum atomic E-state index is -0.0671. The largest absolute Gasteiger partial charge is 0.494 e. The maximum atomic E-state index is 12.3. The third-order valence-corrected chi connectivity index (χ3v) is 3.33. The number of thiocarbonyl (C=S) groups is 1. The van der Waals surface area contributed by atoms with Gasteiger partial charge in [-0.1, -0.05) is 26.0 Å². The molecule has 1 aliphatic heterocycles. The van der Waals surface area contributed by atoms with Crippen LogP contribution in [0, 0.1) is 5.92 Å². The second kappa shape index (κ2) is 6.72.